The van der Waals surface area contributed by atoms with Crippen LogP contribution >= 0.6 is 11.3 Å². The number of piperidine rings is 1. The van der Waals surface area contributed by atoms with Gasteiger partial charge in [-0.2, -0.15) is 0 Å². The third kappa shape index (κ3) is 2.66. The number of piperazine rings is 1. The van der Waals surface area contributed by atoms with Gasteiger partial charge < -0.3 is 9.80 Å². The summed E-state index contributed by atoms with van der Waals surface area (Å²) in [4.78, 5) is 17.0. The van der Waals surface area contributed by atoms with Crippen LogP contribution in [-0.2, 0) is 0 Å². The van der Waals surface area contributed by atoms with E-state index < -0.39 is 0 Å². The Hall–Kier alpha value is -1.24. The maximum absolute atomic E-state index is 4.63. The van der Waals surface area contributed by atoms with E-state index in [4.69, 9.17) is 0 Å². The molecule has 2 bridgehead atoms. The first-order chi connectivity index (χ1) is 12.2. The van der Waals surface area contributed by atoms with Crippen LogP contribution in [0, 0.1) is 6.92 Å². The van der Waals surface area contributed by atoms with E-state index in [-0.39, 0.29) is 0 Å². The van der Waals surface area contributed by atoms with Crippen LogP contribution in [0.25, 0.3) is 10.2 Å². The standard InChI is InChI=1S/C19H27N5S/c1-13-11-25-18-17(13)20-12-21-19(18)24-7-5-23(6-8-24)16-9-14-3-4-15(10-16)22(14)2/h11-12,14-16H,3-10H2,1-2H3/t14-,15+,16?. The van der Waals surface area contributed by atoms with Crippen LogP contribution in [-0.4, -0.2) is 71.1 Å². The molecule has 0 aromatic carbocycles. The van der Waals surface area contributed by atoms with E-state index in [1.807, 2.05) is 0 Å². The van der Waals surface area contributed by atoms with E-state index in [0.717, 1.165) is 42.5 Å². The summed E-state index contributed by atoms with van der Waals surface area (Å²) in [6.07, 6.45) is 7.30. The first kappa shape index (κ1) is 16.0. The normalized spacial score (nSPS) is 31.1. The molecule has 0 amide bonds. The zero-order valence-corrected chi connectivity index (χ0v) is 16.0. The number of thiophene rings is 1. The number of anilines is 1. The van der Waals surface area contributed by atoms with Gasteiger partial charge in [-0.25, -0.2) is 9.97 Å². The summed E-state index contributed by atoms with van der Waals surface area (Å²) in [5.74, 6) is 1.14. The number of aryl methyl sites for hydroxylation is 1. The summed E-state index contributed by atoms with van der Waals surface area (Å²) >= 11 is 1.79. The molecule has 3 atom stereocenters. The van der Waals surface area contributed by atoms with Crippen molar-refractivity contribution in [3.05, 3.63) is 17.3 Å². The molecule has 25 heavy (non-hydrogen) atoms. The summed E-state index contributed by atoms with van der Waals surface area (Å²) in [5.41, 5.74) is 2.40. The van der Waals surface area contributed by atoms with Gasteiger partial charge in [0.15, 0.2) is 0 Å². The van der Waals surface area contributed by atoms with E-state index in [1.165, 1.54) is 49.0 Å². The zero-order valence-electron chi connectivity index (χ0n) is 15.2. The summed E-state index contributed by atoms with van der Waals surface area (Å²) < 4.78 is 1.26. The van der Waals surface area contributed by atoms with Crippen LogP contribution in [0.4, 0.5) is 5.82 Å². The van der Waals surface area contributed by atoms with Crippen LogP contribution in [0.3, 0.4) is 0 Å². The predicted octanol–water partition coefficient (Wildman–Crippen LogP) is 2.75. The van der Waals surface area contributed by atoms with E-state index in [9.17, 15) is 0 Å². The quantitative estimate of drug-likeness (QED) is 0.826. The lowest BCUT2D eigenvalue weighted by atomic mass is 9.96. The molecule has 134 valence electrons. The summed E-state index contributed by atoms with van der Waals surface area (Å²) in [5, 5.41) is 2.20. The lowest BCUT2D eigenvalue weighted by molar-refractivity contribution is 0.0719. The maximum Gasteiger partial charge on any atom is 0.150 e. The van der Waals surface area contributed by atoms with E-state index in [1.54, 1.807) is 17.7 Å². The Labute approximate surface area is 153 Å². The average molecular weight is 358 g/mol. The van der Waals surface area contributed by atoms with E-state index >= 15 is 0 Å². The fourth-order valence-electron chi connectivity index (χ4n) is 5.16. The van der Waals surface area contributed by atoms with Gasteiger partial charge in [-0.15, -0.1) is 11.3 Å². The highest BCUT2D eigenvalue weighted by Crippen LogP contribution is 2.37. The minimum atomic E-state index is 0.797. The Bertz CT molecular complexity index is 752. The Balaban J connectivity index is 1.28. The van der Waals surface area contributed by atoms with E-state index in [2.05, 4.69) is 44.0 Å². The second-order valence-corrected chi connectivity index (χ2v) is 8.87. The summed E-state index contributed by atoms with van der Waals surface area (Å²) in [6, 6.07) is 2.46. The first-order valence-electron chi connectivity index (χ1n) is 9.60. The van der Waals surface area contributed by atoms with Gasteiger partial charge >= 0.3 is 0 Å². The predicted molar refractivity (Wildman–Crippen MR) is 104 cm³/mol. The van der Waals surface area contributed by atoms with Gasteiger partial charge in [0.05, 0.1) is 10.2 Å². The van der Waals surface area contributed by atoms with Crippen molar-refractivity contribution in [1.82, 2.24) is 19.8 Å². The number of rotatable bonds is 2. The largest absolute Gasteiger partial charge is 0.353 e. The molecule has 5 rings (SSSR count). The van der Waals surface area contributed by atoms with Gasteiger partial charge in [0, 0.05) is 44.3 Å². The van der Waals surface area contributed by atoms with Crippen molar-refractivity contribution in [2.45, 2.75) is 50.7 Å². The number of nitrogens with zero attached hydrogens (tertiary/aromatic N) is 5. The molecule has 0 radical (unpaired) electrons. The van der Waals surface area contributed by atoms with Crippen LogP contribution in [0.15, 0.2) is 11.7 Å². The number of aromatic nitrogens is 2. The number of fused-ring (bicyclic) bond motifs is 3. The van der Waals surface area contributed by atoms with Gasteiger partial charge in [-0.05, 0) is 50.6 Å². The highest BCUT2D eigenvalue weighted by atomic mass is 32.1. The monoisotopic (exact) mass is 357 g/mol. The SMILES string of the molecule is Cc1csc2c(N3CCN(C4C[C@H]5CC[C@@H](C4)N5C)CC3)ncnc12. The van der Waals surface area contributed by atoms with Gasteiger partial charge in [0.1, 0.15) is 12.1 Å². The fourth-order valence-corrected chi connectivity index (χ4v) is 6.18. The molecule has 1 unspecified atom stereocenters. The molecule has 0 saturated carbocycles. The highest BCUT2D eigenvalue weighted by molar-refractivity contribution is 7.18. The molecule has 3 saturated heterocycles. The summed E-state index contributed by atoms with van der Waals surface area (Å²) in [7, 11) is 2.33. The van der Waals surface area contributed by atoms with Crippen molar-refractivity contribution >= 4 is 27.4 Å². The maximum atomic E-state index is 4.63. The number of hydrogen-bond donors (Lipinski definition) is 0. The molecule has 2 aromatic rings. The molecule has 0 N–H and O–H groups in total. The molecule has 5 heterocycles. The zero-order chi connectivity index (χ0) is 17.0. The highest BCUT2D eigenvalue weighted by Gasteiger charge is 2.40. The molecule has 0 aliphatic carbocycles. The molecule has 2 aromatic heterocycles. The van der Waals surface area contributed by atoms with Gasteiger partial charge in [-0.1, -0.05) is 0 Å². The minimum absolute atomic E-state index is 0.797. The second kappa shape index (κ2) is 6.18. The smallest absolute Gasteiger partial charge is 0.150 e. The Morgan fingerprint density at radius 3 is 2.44 bits per heavy atom. The molecule has 3 aliphatic rings. The third-order valence-corrected chi connectivity index (χ3v) is 7.80. The molecule has 6 heteroatoms. The van der Waals surface area contributed by atoms with Crippen LogP contribution in [0.2, 0.25) is 0 Å². The Morgan fingerprint density at radius 2 is 1.72 bits per heavy atom. The van der Waals surface area contributed by atoms with Crippen LogP contribution in [0.5, 0.6) is 0 Å². The van der Waals surface area contributed by atoms with Crippen molar-refractivity contribution in [3.63, 3.8) is 0 Å². The van der Waals surface area contributed by atoms with E-state index in [0.29, 0.717) is 0 Å². The molecular formula is C19H27N5S. The summed E-state index contributed by atoms with van der Waals surface area (Å²) in [6.45, 7) is 6.66. The molecule has 3 aliphatic heterocycles. The first-order valence-corrected chi connectivity index (χ1v) is 10.5. The fraction of sp³-hybridized carbons (Fsp3) is 0.684. The van der Waals surface area contributed by atoms with Crippen molar-refractivity contribution in [2.75, 3.05) is 38.1 Å². The van der Waals surface area contributed by atoms with Crippen LogP contribution < -0.4 is 4.90 Å². The van der Waals surface area contributed by atoms with Gasteiger partial charge in [-0.3, -0.25) is 4.90 Å². The average Bonchev–Trinajstić information content (AvgIpc) is 3.09. The minimum Gasteiger partial charge on any atom is -0.353 e. The molecule has 0 spiro atoms. The lowest BCUT2D eigenvalue weighted by Gasteiger charge is -2.45. The molecule has 5 nitrogen and oxygen atoms in total. The Kier molecular flexibility index (Phi) is 3.95. The van der Waals surface area contributed by atoms with Crippen LogP contribution in [0.1, 0.15) is 31.2 Å². The van der Waals surface area contributed by atoms with Gasteiger partial charge in [0.2, 0.25) is 0 Å². The van der Waals surface area contributed by atoms with Crippen molar-refractivity contribution in [2.24, 2.45) is 0 Å². The van der Waals surface area contributed by atoms with Crippen molar-refractivity contribution in [3.8, 4) is 0 Å². The van der Waals surface area contributed by atoms with Crippen molar-refractivity contribution < 1.29 is 0 Å². The third-order valence-electron chi connectivity index (χ3n) is 6.72. The Morgan fingerprint density at radius 1 is 1.00 bits per heavy atom. The molecule has 3 fully saturated rings. The molecular weight excluding hydrogens is 330 g/mol. The topological polar surface area (TPSA) is 35.5 Å². The second-order valence-electron chi connectivity index (χ2n) is 7.99. The number of hydrogen-bond acceptors (Lipinski definition) is 6. The lowest BCUT2D eigenvalue weighted by Crippen LogP contribution is -2.55. The van der Waals surface area contributed by atoms with Gasteiger partial charge in [0.25, 0.3) is 0 Å². The van der Waals surface area contributed by atoms with Crippen molar-refractivity contribution in [1.29, 1.82) is 0 Å².